The number of rotatable bonds is 2. The fourth-order valence-corrected chi connectivity index (χ4v) is 1.63. The number of hydrogen-bond acceptors (Lipinski definition) is 2. The Balaban J connectivity index is 2.00. The first kappa shape index (κ1) is 8.97. The van der Waals surface area contributed by atoms with Gasteiger partial charge < -0.3 is 4.42 Å². The molecule has 2 heterocycles. The van der Waals surface area contributed by atoms with Crippen LogP contribution in [0.4, 0.5) is 0 Å². The van der Waals surface area contributed by atoms with Crippen LogP contribution < -0.4 is 0 Å². The van der Waals surface area contributed by atoms with Crippen LogP contribution in [0.25, 0.3) is 17.0 Å². The zero-order chi connectivity index (χ0) is 10.8. The van der Waals surface area contributed by atoms with E-state index in [2.05, 4.69) is 17.2 Å². The van der Waals surface area contributed by atoms with E-state index in [9.17, 15) is 0 Å². The molecular formula is C13H10N2O. The Morgan fingerprint density at radius 2 is 1.88 bits per heavy atom. The van der Waals surface area contributed by atoms with Gasteiger partial charge in [-0.2, -0.15) is 5.10 Å². The second kappa shape index (κ2) is 3.70. The highest BCUT2D eigenvalue weighted by Gasteiger charge is 2.04. The van der Waals surface area contributed by atoms with Gasteiger partial charge in [0.2, 0.25) is 5.88 Å². The number of furan rings is 1. The maximum atomic E-state index is 5.46. The highest BCUT2D eigenvalue weighted by Crippen LogP contribution is 2.23. The molecular weight excluding hydrogens is 200 g/mol. The molecule has 1 aromatic carbocycles. The molecule has 0 bridgehead atoms. The maximum Gasteiger partial charge on any atom is 0.220 e. The van der Waals surface area contributed by atoms with Crippen LogP contribution >= 0.6 is 0 Å². The molecule has 0 radical (unpaired) electrons. The van der Waals surface area contributed by atoms with Crippen LogP contribution in [0.15, 0.2) is 65.5 Å². The Morgan fingerprint density at radius 1 is 1.00 bits per heavy atom. The average Bonchev–Trinajstić information content (AvgIpc) is 3.01. The Hall–Kier alpha value is -2.29. The quantitative estimate of drug-likeness (QED) is 0.650. The molecule has 0 fully saturated rings. The molecule has 0 amide bonds. The normalized spacial score (nSPS) is 10.5. The number of benzene rings is 1. The third-order valence-electron chi connectivity index (χ3n) is 2.42. The summed E-state index contributed by atoms with van der Waals surface area (Å²) >= 11 is 0. The summed E-state index contributed by atoms with van der Waals surface area (Å²) in [5.41, 5.74) is 2.20. The smallest absolute Gasteiger partial charge is 0.220 e. The van der Waals surface area contributed by atoms with Crippen LogP contribution in [0.3, 0.4) is 0 Å². The second-order valence-electron chi connectivity index (χ2n) is 3.49. The van der Waals surface area contributed by atoms with Crippen molar-refractivity contribution in [2.45, 2.75) is 0 Å². The van der Waals surface area contributed by atoms with E-state index in [4.69, 9.17) is 4.42 Å². The zero-order valence-corrected chi connectivity index (χ0v) is 8.58. The van der Waals surface area contributed by atoms with Crippen LogP contribution in [-0.2, 0) is 0 Å². The molecule has 3 nitrogen and oxygen atoms in total. The molecule has 0 N–H and O–H groups in total. The summed E-state index contributed by atoms with van der Waals surface area (Å²) in [4.78, 5) is 0. The summed E-state index contributed by atoms with van der Waals surface area (Å²) in [6.45, 7) is 0. The first-order valence-corrected chi connectivity index (χ1v) is 5.07. The van der Waals surface area contributed by atoms with Crippen molar-refractivity contribution in [3.63, 3.8) is 0 Å². The van der Waals surface area contributed by atoms with Gasteiger partial charge in [-0.1, -0.05) is 30.3 Å². The lowest BCUT2D eigenvalue weighted by molar-refractivity contribution is 0.523. The first-order chi connectivity index (χ1) is 7.93. The Labute approximate surface area is 92.9 Å². The van der Waals surface area contributed by atoms with E-state index in [1.54, 1.807) is 17.1 Å². The minimum Gasteiger partial charge on any atom is -0.446 e. The van der Waals surface area contributed by atoms with Gasteiger partial charge in [-0.25, -0.2) is 4.68 Å². The SMILES string of the molecule is c1ccc(-c2coc(-n3cccn3)c2)cc1. The van der Waals surface area contributed by atoms with Crippen molar-refractivity contribution in [3.05, 3.63) is 61.1 Å². The minimum absolute atomic E-state index is 0.726. The standard InChI is InChI=1S/C13H10N2O/c1-2-5-11(6-3-1)12-9-13(16-10-12)15-8-4-7-14-15/h1-10H. The van der Waals surface area contributed by atoms with Crippen LogP contribution in [0, 0.1) is 0 Å². The summed E-state index contributed by atoms with van der Waals surface area (Å²) < 4.78 is 7.16. The fraction of sp³-hybridized carbons (Fsp3) is 0. The molecule has 0 aliphatic rings. The van der Waals surface area contributed by atoms with Gasteiger partial charge >= 0.3 is 0 Å². The number of aromatic nitrogens is 2. The molecule has 78 valence electrons. The van der Waals surface area contributed by atoms with E-state index < -0.39 is 0 Å². The molecule has 3 rings (SSSR count). The Bertz CT molecular complexity index is 567. The highest BCUT2D eigenvalue weighted by atomic mass is 16.3. The molecule has 0 saturated carbocycles. The summed E-state index contributed by atoms with van der Waals surface area (Å²) in [7, 11) is 0. The van der Waals surface area contributed by atoms with Crippen molar-refractivity contribution < 1.29 is 4.42 Å². The van der Waals surface area contributed by atoms with Gasteiger partial charge in [0.1, 0.15) is 6.26 Å². The third kappa shape index (κ3) is 1.52. The summed E-state index contributed by atoms with van der Waals surface area (Å²) in [6, 6.07) is 14.0. The fourth-order valence-electron chi connectivity index (χ4n) is 1.63. The molecule has 3 aromatic rings. The lowest BCUT2D eigenvalue weighted by Crippen LogP contribution is -1.90. The highest BCUT2D eigenvalue weighted by molar-refractivity contribution is 5.63. The van der Waals surface area contributed by atoms with Gasteiger partial charge in [0.15, 0.2) is 0 Å². The van der Waals surface area contributed by atoms with Crippen molar-refractivity contribution in [1.82, 2.24) is 9.78 Å². The Morgan fingerprint density at radius 3 is 2.62 bits per heavy atom. The first-order valence-electron chi connectivity index (χ1n) is 5.07. The largest absolute Gasteiger partial charge is 0.446 e. The molecule has 3 heteroatoms. The van der Waals surface area contributed by atoms with Crippen molar-refractivity contribution in [3.8, 4) is 17.0 Å². The predicted molar refractivity (Wildman–Crippen MR) is 61.3 cm³/mol. The van der Waals surface area contributed by atoms with Crippen molar-refractivity contribution in [2.24, 2.45) is 0 Å². The van der Waals surface area contributed by atoms with Crippen molar-refractivity contribution >= 4 is 0 Å². The van der Waals surface area contributed by atoms with Gasteiger partial charge in [0.05, 0.1) is 0 Å². The molecule has 0 atom stereocenters. The molecule has 0 spiro atoms. The molecule has 16 heavy (non-hydrogen) atoms. The van der Waals surface area contributed by atoms with Crippen molar-refractivity contribution in [2.75, 3.05) is 0 Å². The predicted octanol–water partition coefficient (Wildman–Crippen LogP) is 3.13. The maximum absolute atomic E-state index is 5.46. The van der Waals surface area contributed by atoms with Crippen molar-refractivity contribution in [1.29, 1.82) is 0 Å². The number of nitrogens with zero attached hydrogens (tertiary/aromatic N) is 2. The van der Waals surface area contributed by atoms with Gasteiger partial charge in [0.25, 0.3) is 0 Å². The van der Waals surface area contributed by atoms with Crippen LogP contribution in [0.5, 0.6) is 0 Å². The monoisotopic (exact) mass is 210 g/mol. The third-order valence-corrected chi connectivity index (χ3v) is 2.42. The molecule has 0 aliphatic carbocycles. The van der Waals surface area contributed by atoms with E-state index in [-0.39, 0.29) is 0 Å². The summed E-state index contributed by atoms with van der Waals surface area (Å²) in [6.07, 6.45) is 5.32. The van der Waals surface area contributed by atoms with Gasteiger partial charge in [-0.3, -0.25) is 0 Å². The van der Waals surface area contributed by atoms with Gasteiger partial charge in [-0.05, 0) is 11.6 Å². The van der Waals surface area contributed by atoms with Crippen LogP contribution in [-0.4, -0.2) is 9.78 Å². The lowest BCUT2D eigenvalue weighted by atomic mass is 10.1. The summed E-state index contributed by atoms with van der Waals surface area (Å²) in [5, 5.41) is 4.12. The van der Waals surface area contributed by atoms with E-state index in [0.29, 0.717) is 0 Å². The minimum atomic E-state index is 0.726. The van der Waals surface area contributed by atoms with Gasteiger partial charge in [0, 0.05) is 24.0 Å². The van der Waals surface area contributed by atoms with E-state index in [0.717, 1.165) is 17.0 Å². The molecule has 0 saturated heterocycles. The Kier molecular flexibility index (Phi) is 2.07. The molecule has 2 aromatic heterocycles. The average molecular weight is 210 g/mol. The van der Waals surface area contributed by atoms with Gasteiger partial charge in [-0.15, -0.1) is 0 Å². The second-order valence-corrected chi connectivity index (χ2v) is 3.49. The topological polar surface area (TPSA) is 31.0 Å². The van der Waals surface area contributed by atoms with E-state index in [1.165, 1.54) is 0 Å². The van der Waals surface area contributed by atoms with Crippen LogP contribution in [0.2, 0.25) is 0 Å². The lowest BCUT2D eigenvalue weighted by Gasteiger charge is -1.94. The van der Waals surface area contributed by atoms with E-state index >= 15 is 0 Å². The number of hydrogen-bond donors (Lipinski definition) is 0. The zero-order valence-electron chi connectivity index (χ0n) is 8.58. The summed E-state index contributed by atoms with van der Waals surface area (Å²) in [5.74, 6) is 0.726. The molecule has 0 aliphatic heterocycles. The van der Waals surface area contributed by atoms with Crippen LogP contribution in [0.1, 0.15) is 0 Å². The molecule has 0 unspecified atom stereocenters. The van der Waals surface area contributed by atoms with E-state index in [1.807, 2.05) is 36.5 Å².